The number of aryl methyl sites for hydroxylation is 1. The zero-order valence-electron chi connectivity index (χ0n) is 19.7. The Morgan fingerprint density at radius 3 is 2.44 bits per heavy atom. The third kappa shape index (κ3) is 6.70. The Morgan fingerprint density at radius 1 is 1.09 bits per heavy atom. The van der Waals surface area contributed by atoms with Crippen molar-refractivity contribution >= 4 is 53.5 Å². The van der Waals surface area contributed by atoms with Crippen LogP contribution in [0.15, 0.2) is 45.4 Å². The molecule has 34 heavy (non-hydrogen) atoms. The number of halogens is 1. The second-order valence-electron chi connectivity index (χ2n) is 8.29. The SMILES string of the molecule is Cc1cc(N=S(C)(C)=O)cc2ncnc(Nc3ccc(F)cc3O[C@H](C)C(=O)N=S(C)(C)=O)c12. The maximum absolute atomic E-state index is 14.0. The van der Waals surface area contributed by atoms with E-state index in [0.717, 1.165) is 11.6 Å². The van der Waals surface area contributed by atoms with Gasteiger partial charge in [-0.05, 0) is 43.7 Å². The summed E-state index contributed by atoms with van der Waals surface area (Å²) in [4.78, 5) is 20.8. The van der Waals surface area contributed by atoms with Gasteiger partial charge in [-0.15, -0.1) is 0 Å². The first-order chi connectivity index (χ1) is 15.7. The summed E-state index contributed by atoms with van der Waals surface area (Å²) < 4.78 is 51.4. The third-order valence-corrected chi connectivity index (χ3v) is 5.67. The van der Waals surface area contributed by atoms with Crippen molar-refractivity contribution in [3.8, 4) is 5.75 Å². The normalized spacial score (nSPS) is 12.8. The van der Waals surface area contributed by atoms with Gasteiger partial charge in [0, 0.05) is 55.9 Å². The fourth-order valence-electron chi connectivity index (χ4n) is 3.13. The molecule has 0 saturated heterocycles. The molecule has 9 nitrogen and oxygen atoms in total. The molecule has 3 aromatic rings. The monoisotopic (exact) mass is 507 g/mol. The first kappa shape index (κ1) is 25.5. The Balaban J connectivity index is 2.02. The van der Waals surface area contributed by atoms with Gasteiger partial charge in [-0.3, -0.25) is 4.79 Å². The molecule has 1 heterocycles. The summed E-state index contributed by atoms with van der Waals surface area (Å²) in [6.07, 6.45) is 6.05. The molecule has 1 atom stereocenters. The van der Waals surface area contributed by atoms with Gasteiger partial charge >= 0.3 is 0 Å². The van der Waals surface area contributed by atoms with Gasteiger partial charge < -0.3 is 10.1 Å². The number of fused-ring (bicyclic) bond motifs is 1. The van der Waals surface area contributed by atoms with Crippen molar-refractivity contribution in [1.29, 1.82) is 0 Å². The highest BCUT2D eigenvalue weighted by Crippen LogP contribution is 2.34. The van der Waals surface area contributed by atoms with E-state index in [1.807, 2.05) is 6.92 Å². The molecule has 1 N–H and O–H groups in total. The number of carbonyl (C=O) groups excluding carboxylic acids is 1. The van der Waals surface area contributed by atoms with E-state index >= 15 is 0 Å². The molecule has 0 bridgehead atoms. The predicted molar refractivity (Wildman–Crippen MR) is 134 cm³/mol. The molecule has 0 aliphatic rings. The quantitative estimate of drug-likeness (QED) is 0.530. The van der Waals surface area contributed by atoms with E-state index in [1.54, 1.807) is 24.6 Å². The second-order valence-corrected chi connectivity index (χ2v) is 13.4. The minimum Gasteiger partial charge on any atom is -0.478 e. The third-order valence-electron chi connectivity index (χ3n) is 4.40. The highest BCUT2D eigenvalue weighted by atomic mass is 32.2. The van der Waals surface area contributed by atoms with Crippen LogP contribution in [0, 0.1) is 12.7 Å². The zero-order chi connectivity index (χ0) is 25.3. The van der Waals surface area contributed by atoms with Crippen molar-refractivity contribution in [2.24, 2.45) is 8.73 Å². The number of ether oxygens (including phenoxy) is 1. The summed E-state index contributed by atoms with van der Waals surface area (Å²) >= 11 is 0. The Labute approximate surface area is 198 Å². The van der Waals surface area contributed by atoms with Gasteiger partial charge in [-0.25, -0.2) is 22.8 Å². The molecule has 12 heteroatoms. The number of anilines is 2. The van der Waals surface area contributed by atoms with E-state index in [9.17, 15) is 17.6 Å². The minimum atomic E-state index is -2.66. The lowest BCUT2D eigenvalue weighted by Gasteiger charge is -2.17. The van der Waals surface area contributed by atoms with Crippen LogP contribution in [-0.2, 0) is 24.3 Å². The Kier molecular flexibility index (Phi) is 7.22. The van der Waals surface area contributed by atoms with Crippen LogP contribution in [0.3, 0.4) is 0 Å². The largest absolute Gasteiger partial charge is 0.478 e. The van der Waals surface area contributed by atoms with E-state index in [0.29, 0.717) is 28.1 Å². The molecule has 0 fully saturated rings. The molecule has 3 rings (SSSR count). The van der Waals surface area contributed by atoms with Crippen LogP contribution in [0.5, 0.6) is 5.75 Å². The molecular formula is C22H26FN5O4S2. The summed E-state index contributed by atoms with van der Waals surface area (Å²) in [6, 6.07) is 7.31. The molecule has 1 aromatic heterocycles. The number of aromatic nitrogens is 2. The first-order valence-corrected chi connectivity index (χ1v) is 14.7. The van der Waals surface area contributed by atoms with Crippen LogP contribution >= 0.6 is 0 Å². The average molecular weight is 508 g/mol. The fraction of sp³-hybridized carbons (Fsp3) is 0.318. The van der Waals surface area contributed by atoms with E-state index in [-0.39, 0.29) is 5.75 Å². The molecule has 0 aliphatic heterocycles. The average Bonchev–Trinajstić information content (AvgIpc) is 2.67. The lowest BCUT2D eigenvalue weighted by Crippen LogP contribution is -2.23. The van der Waals surface area contributed by atoms with Crippen LogP contribution in [-0.4, -0.2) is 55.4 Å². The molecular weight excluding hydrogens is 481 g/mol. The van der Waals surface area contributed by atoms with E-state index < -0.39 is 37.3 Å². The Hall–Kier alpha value is -3.12. The molecule has 1 amide bonds. The van der Waals surface area contributed by atoms with Gasteiger partial charge in [0.15, 0.2) is 6.10 Å². The number of hydrogen-bond donors (Lipinski definition) is 1. The van der Waals surface area contributed by atoms with Crippen LogP contribution in [0.25, 0.3) is 10.9 Å². The molecule has 0 radical (unpaired) electrons. The van der Waals surface area contributed by atoms with Gasteiger partial charge in [0.2, 0.25) is 0 Å². The summed E-state index contributed by atoms with van der Waals surface area (Å²) in [6.45, 7) is 3.29. The maximum Gasteiger partial charge on any atom is 0.294 e. The van der Waals surface area contributed by atoms with Crippen molar-refractivity contribution < 1.29 is 22.3 Å². The van der Waals surface area contributed by atoms with Crippen molar-refractivity contribution in [1.82, 2.24) is 9.97 Å². The molecule has 0 aliphatic carbocycles. The van der Waals surface area contributed by atoms with E-state index in [4.69, 9.17) is 4.74 Å². The van der Waals surface area contributed by atoms with Gasteiger partial charge in [0.05, 0.1) is 16.9 Å². The smallest absolute Gasteiger partial charge is 0.294 e. The number of benzene rings is 2. The second kappa shape index (κ2) is 9.63. The van der Waals surface area contributed by atoms with Gasteiger partial charge in [-0.2, -0.15) is 8.73 Å². The topological polar surface area (TPSA) is 123 Å². The lowest BCUT2D eigenvalue weighted by atomic mass is 10.1. The van der Waals surface area contributed by atoms with Crippen molar-refractivity contribution in [3.63, 3.8) is 0 Å². The summed E-state index contributed by atoms with van der Waals surface area (Å²) in [5, 5.41) is 3.80. The lowest BCUT2D eigenvalue weighted by molar-refractivity contribution is -0.123. The number of carbonyl (C=O) groups is 1. The summed E-state index contributed by atoms with van der Waals surface area (Å²) in [7, 11) is -5.01. The van der Waals surface area contributed by atoms with E-state index in [2.05, 4.69) is 24.0 Å². The van der Waals surface area contributed by atoms with Crippen LogP contribution in [0.2, 0.25) is 0 Å². The van der Waals surface area contributed by atoms with Gasteiger partial charge in [-0.1, -0.05) is 0 Å². The van der Waals surface area contributed by atoms with E-state index in [1.165, 1.54) is 37.9 Å². The number of hydrogen-bond acceptors (Lipinski definition) is 8. The molecule has 182 valence electrons. The standard InChI is InChI=1S/C22H26FN5O4S2/c1-13-9-16(27-33(3,4)30)11-18-20(13)21(25-12-24-18)26-17-8-7-15(23)10-19(17)32-14(2)22(29)28-34(5,6)31/h7-12,14H,1-6H3,(H,24,25,26)/t14-/m1/s1. The molecule has 0 spiro atoms. The Morgan fingerprint density at radius 2 is 1.79 bits per heavy atom. The number of nitrogens with one attached hydrogen (secondary N) is 1. The molecule has 0 saturated carbocycles. The predicted octanol–water partition coefficient (Wildman–Crippen LogP) is 4.20. The summed E-state index contributed by atoms with van der Waals surface area (Å²) in [5.41, 5.74) is 2.26. The van der Waals surface area contributed by atoms with Crippen LogP contribution < -0.4 is 10.1 Å². The molecule has 2 aromatic carbocycles. The number of rotatable bonds is 6. The van der Waals surface area contributed by atoms with Crippen molar-refractivity contribution in [3.05, 3.63) is 48.0 Å². The Bertz CT molecular complexity index is 1510. The molecule has 0 unspecified atom stereocenters. The van der Waals surface area contributed by atoms with Crippen LogP contribution in [0.1, 0.15) is 12.5 Å². The van der Waals surface area contributed by atoms with Crippen molar-refractivity contribution in [2.75, 3.05) is 30.3 Å². The number of nitrogens with zero attached hydrogens (tertiary/aromatic N) is 4. The fourth-order valence-corrected chi connectivity index (χ4v) is 4.33. The zero-order valence-corrected chi connectivity index (χ0v) is 21.3. The maximum atomic E-state index is 14.0. The summed E-state index contributed by atoms with van der Waals surface area (Å²) in [5.74, 6) is -0.798. The van der Waals surface area contributed by atoms with Crippen molar-refractivity contribution in [2.45, 2.75) is 20.0 Å². The van der Waals surface area contributed by atoms with Crippen LogP contribution in [0.4, 0.5) is 21.6 Å². The van der Waals surface area contributed by atoms with Gasteiger partial charge in [0.25, 0.3) is 5.91 Å². The highest BCUT2D eigenvalue weighted by Gasteiger charge is 2.19. The highest BCUT2D eigenvalue weighted by molar-refractivity contribution is 7.92. The van der Waals surface area contributed by atoms with Gasteiger partial charge in [0.1, 0.15) is 23.7 Å². The number of amides is 1. The first-order valence-electron chi connectivity index (χ1n) is 10.1. The minimum absolute atomic E-state index is 0.0579.